The number of halogens is 3. The summed E-state index contributed by atoms with van der Waals surface area (Å²) in [6.07, 6.45) is -0.363. The molecule has 6 nitrogen and oxygen atoms in total. The fourth-order valence-corrected chi connectivity index (χ4v) is 2.91. The van der Waals surface area contributed by atoms with Crippen LogP contribution in [0.2, 0.25) is 0 Å². The van der Waals surface area contributed by atoms with Gasteiger partial charge < -0.3 is 9.80 Å². The number of alkyl halides is 3. The number of amides is 1. The molecule has 1 saturated heterocycles. The maximum absolute atomic E-state index is 12.6. The van der Waals surface area contributed by atoms with E-state index in [4.69, 9.17) is 0 Å². The minimum Gasteiger partial charge on any atom is -0.353 e. The number of pyridine rings is 1. The highest BCUT2D eigenvalue weighted by molar-refractivity contribution is 5.94. The average molecular weight is 353 g/mol. The Bertz CT molecular complexity index is 756. The first-order chi connectivity index (χ1) is 11.8. The number of hydrogen-bond donors (Lipinski definition) is 0. The summed E-state index contributed by atoms with van der Waals surface area (Å²) in [4.78, 5) is 20.1. The summed E-state index contributed by atoms with van der Waals surface area (Å²) in [6, 6.07) is 2.31. The van der Waals surface area contributed by atoms with Gasteiger partial charge in [0.05, 0.1) is 17.3 Å². The fourth-order valence-electron chi connectivity index (χ4n) is 2.91. The number of hydrogen-bond acceptors (Lipinski definition) is 4. The molecule has 1 atom stereocenters. The van der Waals surface area contributed by atoms with Crippen molar-refractivity contribution in [2.24, 2.45) is 7.05 Å². The van der Waals surface area contributed by atoms with Crippen LogP contribution >= 0.6 is 0 Å². The topological polar surface area (TPSA) is 54.3 Å². The number of carbonyl (C=O) groups excluding carboxylic acids is 1. The lowest BCUT2D eigenvalue weighted by Gasteiger charge is -2.40. The van der Waals surface area contributed by atoms with Gasteiger partial charge in [0.15, 0.2) is 0 Å². The zero-order chi connectivity index (χ0) is 18.2. The second-order valence-corrected chi connectivity index (χ2v) is 6.10. The monoisotopic (exact) mass is 353 g/mol. The minimum absolute atomic E-state index is 0.0921. The number of nitrogens with zero attached hydrogens (tertiary/aromatic N) is 5. The van der Waals surface area contributed by atoms with E-state index in [1.165, 1.54) is 12.3 Å². The Balaban J connectivity index is 1.68. The molecule has 0 aromatic carbocycles. The Morgan fingerprint density at radius 2 is 2.00 bits per heavy atom. The maximum Gasteiger partial charge on any atom is 0.417 e. The SMILES string of the molecule is CC1CN(c2ccc(C(F)(F)F)cn2)CCN1C(=O)c1cnn(C)c1. The second-order valence-electron chi connectivity index (χ2n) is 6.10. The van der Waals surface area contributed by atoms with Crippen LogP contribution in [0.15, 0.2) is 30.7 Å². The highest BCUT2D eigenvalue weighted by atomic mass is 19.4. The first-order valence-electron chi connectivity index (χ1n) is 7.83. The van der Waals surface area contributed by atoms with Gasteiger partial charge in [-0.15, -0.1) is 0 Å². The molecule has 3 rings (SSSR count). The van der Waals surface area contributed by atoms with Crippen LogP contribution in [0.4, 0.5) is 19.0 Å². The molecule has 0 saturated carbocycles. The van der Waals surface area contributed by atoms with Gasteiger partial charge in [-0.3, -0.25) is 9.48 Å². The van der Waals surface area contributed by atoms with Gasteiger partial charge in [-0.1, -0.05) is 0 Å². The molecule has 2 aromatic heterocycles. The van der Waals surface area contributed by atoms with Crippen LogP contribution < -0.4 is 4.90 Å². The summed E-state index contributed by atoms with van der Waals surface area (Å²) >= 11 is 0. The predicted molar refractivity (Wildman–Crippen MR) is 85.2 cm³/mol. The summed E-state index contributed by atoms with van der Waals surface area (Å²) in [6.45, 7) is 3.39. The van der Waals surface area contributed by atoms with Gasteiger partial charge in [0.1, 0.15) is 5.82 Å². The lowest BCUT2D eigenvalue weighted by Crippen LogP contribution is -2.54. The van der Waals surface area contributed by atoms with E-state index in [0.717, 1.165) is 12.3 Å². The third-order valence-corrected chi connectivity index (χ3v) is 4.24. The van der Waals surface area contributed by atoms with E-state index in [2.05, 4.69) is 10.1 Å². The van der Waals surface area contributed by atoms with E-state index in [1.54, 1.807) is 22.8 Å². The van der Waals surface area contributed by atoms with Crippen LogP contribution in [-0.2, 0) is 13.2 Å². The van der Waals surface area contributed by atoms with Crippen molar-refractivity contribution < 1.29 is 18.0 Å². The highest BCUT2D eigenvalue weighted by Gasteiger charge is 2.32. The second kappa shape index (κ2) is 6.38. The molecule has 3 heterocycles. The number of anilines is 1. The lowest BCUT2D eigenvalue weighted by molar-refractivity contribution is -0.137. The zero-order valence-corrected chi connectivity index (χ0v) is 13.9. The molecule has 134 valence electrons. The molecular formula is C16H18F3N5O. The number of aromatic nitrogens is 3. The first-order valence-corrected chi connectivity index (χ1v) is 7.83. The molecule has 0 aliphatic carbocycles. The summed E-state index contributed by atoms with van der Waals surface area (Å²) in [5, 5.41) is 4.00. The van der Waals surface area contributed by atoms with Crippen LogP contribution in [-0.4, -0.2) is 51.2 Å². The van der Waals surface area contributed by atoms with Crippen LogP contribution in [0, 0.1) is 0 Å². The van der Waals surface area contributed by atoms with Crippen LogP contribution in [0.3, 0.4) is 0 Å². The zero-order valence-electron chi connectivity index (χ0n) is 13.9. The maximum atomic E-state index is 12.6. The Labute approximate surface area is 142 Å². The van der Waals surface area contributed by atoms with Gasteiger partial charge in [0.25, 0.3) is 5.91 Å². The number of aryl methyl sites for hydroxylation is 1. The molecule has 25 heavy (non-hydrogen) atoms. The van der Waals surface area contributed by atoms with Crippen molar-refractivity contribution >= 4 is 11.7 Å². The summed E-state index contributed by atoms with van der Waals surface area (Å²) in [5.41, 5.74) is -0.245. The van der Waals surface area contributed by atoms with Gasteiger partial charge >= 0.3 is 6.18 Å². The smallest absolute Gasteiger partial charge is 0.353 e. The van der Waals surface area contributed by atoms with Crippen LogP contribution in [0.1, 0.15) is 22.8 Å². The molecule has 9 heteroatoms. The largest absolute Gasteiger partial charge is 0.417 e. The van der Waals surface area contributed by atoms with Crippen molar-refractivity contribution in [3.63, 3.8) is 0 Å². The van der Waals surface area contributed by atoms with Crippen molar-refractivity contribution in [1.82, 2.24) is 19.7 Å². The molecule has 0 bridgehead atoms. The van der Waals surface area contributed by atoms with Gasteiger partial charge in [-0.05, 0) is 19.1 Å². The normalized spacial score (nSPS) is 18.5. The lowest BCUT2D eigenvalue weighted by atomic mass is 10.1. The summed E-state index contributed by atoms with van der Waals surface area (Å²) in [7, 11) is 1.74. The third-order valence-electron chi connectivity index (χ3n) is 4.24. The first kappa shape index (κ1) is 17.2. The molecule has 0 N–H and O–H groups in total. The Hall–Kier alpha value is -2.58. The molecule has 1 unspecified atom stereocenters. The Morgan fingerprint density at radius 3 is 2.52 bits per heavy atom. The van der Waals surface area contributed by atoms with Crippen molar-refractivity contribution in [2.75, 3.05) is 24.5 Å². The third kappa shape index (κ3) is 3.59. The molecule has 1 aliphatic rings. The standard InChI is InChI=1S/C16H18F3N5O/c1-11-9-23(14-4-3-13(8-20-14)16(17,18)19)5-6-24(11)15(25)12-7-21-22(2)10-12/h3-4,7-8,10-11H,5-6,9H2,1-2H3. The van der Waals surface area contributed by atoms with E-state index < -0.39 is 11.7 Å². The number of rotatable bonds is 2. The quantitative estimate of drug-likeness (QED) is 0.831. The van der Waals surface area contributed by atoms with Gasteiger partial charge in [0, 0.05) is 45.1 Å². The molecule has 0 radical (unpaired) electrons. The Kier molecular flexibility index (Phi) is 4.40. The van der Waals surface area contributed by atoms with Crippen LogP contribution in [0.25, 0.3) is 0 Å². The Morgan fingerprint density at radius 1 is 1.24 bits per heavy atom. The molecule has 0 spiro atoms. The molecule has 2 aromatic rings. The van der Waals surface area contributed by atoms with Gasteiger partial charge in [-0.25, -0.2) is 4.98 Å². The molecule has 1 fully saturated rings. The average Bonchev–Trinajstić information content (AvgIpc) is 3.00. The highest BCUT2D eigenvalue weighted by Crippen LogP contribution is 2.29. The van der Waals surface area contributed by atoms with E-state index in [0.29, 0.717) is 31.0 Å². The minimum atomic E-state index is -4.40. The van der Waals surface area contributed by atoms with Gasteiger partial charge in [0.2, 0.25) is 0 Å². The molecular weight excluding hydrogens is 335 g/mol. The van der Waals surface area contributed by atoms with Gasteiger partial charge in [-0.2, -0.15) is 18.3 Å². The predicted octanol–water partition coefficient (Wildman–Crippen LogP) is 2.18. The van der Waals surface area contributed by atoms with Crippen molar-refractivity contribution in [1.29, 1.82) is 0 Å². The van der Waals surface area contributed by atoms with Crippen LogP contribution in [0.5, 0.6) is 0 Å². The van der Waals surface area contributed by atoms with E-state index in [1.807, 2.05) is 11.8 Å². The summed E-state index contributed by atoms with van der Waals surface area (Å²) in [5.74, 6) is 0.383. The fraction of sp³-hybridized carbons (Fsp3) is 0.438. The van der Waals surface area contributed by atoms with E-state index >= 15 is 0 Å². The van der Waals surface area contributed by atoms with Crippen molar-refractivity contribution in [3.8, 4) is 0 Å². The number of carbonyl (C=O) groups is 1. The number of piperazine rings is 1. The molecule has 1 aliphatic heterocycles. The molecule has 1 amide bonds. The van der Waals surface area contributed by atoms with Crippen molar-refractivity contribution in [3.05, 3.63) is 41.9 Å². The van der Waals surface area contributed by atoms with Crippen molar-refractivity contribution in [2.45, 2.75) is 19.1 Å². The summed E-state index contributed by atoms with van der Waals surface area (Å²) < 4.78 is 39.4. The van der Waals surface area contributed by atoms with E-state index in [9.17, 15) is 18.0 Å². The van der Waals surface area contributed by atoms with E-state index in [-0.39, 0.29) is 11.9 Å².